The average molecular weight is 306 g/mol. The minimum Gasteiger partial charge on any atom is -0.303 e. The van der Waals surface area contributed by atoms with Gasteiger partial charge in [-0.05, 0) is 0 Å². The van der Waals surface area contributed by atoms with Crippen LogP contribution < -0.4 is 0 Å². The Labute approximate surface area is 80.7 Å². The van der Waals surface area contributed by atoms with E-state index in [0.29, 0.717) is 0 Å². The summed E-state index contributed by atoms with van der Waals surface area (Å²) in [6, 6.07) is 0. The van der Waals surface area contributed by atoms with Gasteiger partial charge >= 0.3 is 15.6 Å². The SMILES string of the molecule is O=P(O)(O)OCOP(=O)(O)O.[Tc]. The molecule has 12 heavy (non-hydrogen) atoms. The molecule has 0 saturated carbocycles. The predicted molar refractivity (Wildman–Crippen MR) is 31.1 cm³/mol. The van der Waals surface area contributed by atoms with Gasteiger partial charge in [0.15, 0.2) is 6.79 Å². The molecule has 75 valence electrons. The smallest absolute Gasteiger partial charge is 0.303 e. The summed E-state index contributed by atoms with van der Waals surface area (Å²) in [7, 11) is -9.44. The van der Waals surface area contributed by atoms with Crippen LogP contribution in [0, 0.1) is 0 Å². The summed E-state index contributed by atoms with van der Waals surface area (Å²) in [5.41, 5.74) is 0. The van der Waals surface area contributed by atoms with Crippen LogP contribution in [0.25, 0.3) is 0 Å². The van der Waals surface area contributed by atoms with Crippen LogP contribution >= 0.6 is 15.6 Å². The third-order valence-corrected chi connectivity index (χ3v) is 1.33. The van der Waals surface area contributed by atoms with Gasteiger partial charge in [-0.3, -0.25) is 9.05 Å². The van der Waals surface area contributed by atoms with Crippen LogP contribution in [0.15, 0.2) is 0 Å². The molecule has 0 aromatic heterocycles. The summed E-state index contributed by atoms with van der Waals surface area (Å²) in [6.45, 7) is -1.16. The molecule has 0 spiro atoms. The summed E-state index contributed by atoms with van der Waals surface area (Å²) in [6.07, 6.45) is 0. The van der Waals surface area contributed by atoms with Crippen LogP contribution in [0.4, 0.5) is 0 Å². The van der Waals surface area contributed by atoms with Crippen molar-refractivity contribution in [2.24, 2.45) is 0 Å². The fourth-order valence-corrected chi connectivity index (χ4v) is 0.624. The number of rotatable bonds is 4. The van der Waals surface area contributed by atoms with Crippen molar-refractivity contribution >= 4 is 15.6 Å². The molecule has 0 rings (SSSR count). The zero-order valence-electron chi connectivity index (χ0n) is 5.40. The van der Waals surface area contributed by atoms with Gasteiger partial charge in [-0.15, -0.1) is 0 Å². The predicted octanol–water partition coefficient (Wildman–Crippen LogP) is -0.840. The summed E-state index contributed by atoms with van der Waals surface area (Å²) in [5.74, 6) is 0. The first-order chi connectivity index (χ1) is 4.71. The van der Waals surface area contributed by atoms with Crippen LogP contribution in [0.2, 0.25) is 0 Å². The molecule has 0 amide bonds. The Morgan fingerprint density at radius 3 is 1.33 bits per heavy atom. The molecular weight excluding hydrogens is 300 g/mol. The Bertz CT molecular complexity index is 179. The second-order valence-corrected chi connectivity index (χ2v) is 3.84. The Morgan fingerprint density at radius 2 is 1.17 bits per heavy atom. The Kier molecular flexibility index (Phi) is 7.12. The molecule has 0 aromatic carbocycles. The van der Waals surface area contributed by atoms with Crippen molar-refractivity contribution in [3.63, 3.8) is 0 Å². The van der Waals surface area contributed by atoms with E-state index in [0.717, 1.165) is 0 Å². The molecule has 11 heteroatoms. The van der Waals surface area contributed by atoms with Crippen molar-refractivity contribution in [2.75, 3.05) is 6.79 Å². The largest absolute Gasteiger partial charge is 0.471 e. The Balaban J connectivity index is 0. The molecule has 0 saturated heterocycles. The van der Waals surface area contributed by atoms with Crippen molar-refractivity contribution in [3.05, 3.63) is 0 Å². The summed E-state index contributed by atoms with van der Waals surface area (Å²) < 4.78 is 26.8. The normalized spacial score (nSPS) is 12.3. The minimum absolute atomic E-state index is 0. The maximum Gasteiger partial charge on any atom is 0.471 e. The zero-order valence-corrected chi connectivity index (χ0v) is 9.05. The standard InChI is InChI=1S/CH6O8P2.Tc/c2-10(3,4)8-1-9-11(5,6)7;/h1H2,(H2,2,3,4)(H2,5,6,7);. The molecular formula is CH6O8P2Tc. The number of hydrogen-bond donors (Lipinski definition) is 4. The van der Waals surface area contributed by atoms with E-state index >= 15 is 0 Å². The monoisotopic (exact) mass is 305 g/mol. The van der Waals surface area contributed by atoms with E-state index in [1.54, 1.807) is 0 Å². The molecule has 0 aromatic rings. The van der Waals surface area contributed by atoms with Gasteiger partial charge in [0.1, 0.15) is 0 Å². The summed E-state index contributed by atoms with van der Waals surface area (Å²) >= 11 is 0. The molecule has 1 radical (unpaired) electrons. The number of phosphoric acid groups is 2. The molecule has 0 aliphatic carbocycles. The van der Waals surface area contributed by atoms with Crippen LogP contribution in [0.1, 0.15) is 0 Å². The Hall–Kier alpha value is 0.869. The maximum absolute atomic E-state index is 9.86. The zero-order chi connectivity index (χ0) is 9.12. The van der Waals surface area contributed by atoms with E-state index in [1.165, 1.54) is 0 Å². The second-order valence-electron chi connectivity index (χ2n) is 1.36. The Morgan fingerprint density at radius 1 is 0.917 bits per heavy atom. The van der Waals surface area contributed by atoms with Crippen LogP contribution in [-0.4, -0.2) is 26.4 Å². The van der Waals surface area contributed by atoms with E-state index < -0.39 is 22.4 Å². The van der Waals surface area contributed by atoms with Gasteiger partial charge in [0.25, 0.3) is 0 Å². The van der Waals surface area contributed by atoms with Gasteiger partial charge in [-0.1, -0.05) is 0 Å². The molecule has 0 bridgehead atoms. The molecule has 4 N–H and O–H groups in total. The van der Waals surface area contributed by atoms with Gasteiger partial charge < -0.3 is 19.6 Å². The van der Waals surface area contributed by atoms with Crippen LogP contribution in [-0.2, 0) is 38.3 Å². The molecule has 0 heterocycles. The van der Waals surface area contributed by atoms with Gasteiger partial charge in [0.2, 0.25) is 0 Å². The fraction of sp³-hybridized carbons (Fsp3) is 1.00. The molecule has 0 unspecified atom stereocenters. The van der Waals surface area contributed by atoms with Crippen molar-refractivity contribution in [1.82, 2.24) is 0 Å². The number of phosphoric ester groups is 2. The third-order valence-electron chi connectivity index (χ3n) is 0.442. The summed E-state index contributed by atoms with van der Waals surface area (Å²) in [5, 5.41) is 0. The molecule has 0 atom stereocenters. The van der Waals surface area contributed by atoms with Crippen LogP contribution in [0.5, 0.6) is 0 Å². The van der Waals surface area contributed by atoms with Crippen molar-refractivity contribution in [2.45, 2.75) is 0 Å². The van der Waals surface area contributed by atoms with Gasteiger partial charge in [0.05, 0.1) is 0 Å². The van der Waals surface area contributed by atoms with Crippen molar-refractivity contribution < 1.29 is 57.9 Å². The van der Waals surface area contributed by atoms with Gasteiger partial charge in [0, 0.05) is 20.1 Å². The average Bonchev–Trinajstić information content (AvgIpc) is 1.55. The molecule has 0 aliphatic rings. The molecule has 0 fully saturated rings. The number of hydrogen-bond acceptors (Lipinski definition) is 4. The van der Waals surface area contributed by atoms with Gasteiger partial charge in [-0.25, -0.2) is 9.13 Å². The first-order valence-electron chi connectivity index (χ1n) is 2.11. The quantitative estimate of drug-likeness (QED) is 0.390. The maximum atomic E-state index is 9.86. The minimum atomic E-state index is -4.72. The van der Waals surface area contributed by atoms with Crippen molar-refractivity contribution in [3.8, 4) is 0 Å². The third kappa shape index (κ3) is 13.5. The topological polar surface area (TPSA) is 134 Å². The fourth-order valence-electron chi connectivity index (χ4n) is 0.161. The summed E-state index contributed by atoms with van der Waals surface area (Å²) in [4.78, 5) is 31.9. The first kappa shape index (κ1) is 15.3. The van der Waals surface area contributed by atoms with E-state index in [-0.39, 0.29) is 20.1 Å². The van der Waals surface area contributed by atoms with Crippen molar-refractivity contribution in [1.29, 1.82) is 0 Å². The van der Waals surface area contributed by atoms with E-state index in [9.17, 15) is 9.13 Å². The van der Waals surface area contributed by atoms with Gasteiger partial charge in [-0.2, -0.15) is 0 Å². The molecule has 0 aliphatic heterocycles. The first-order valence-corrected chi connectivity index (χ1v) is 5.17. The molecule has 8 nitrogen and oxygen atoms in total. The van der Waals surface area contributed by atoms with E-state index in [4.69, 9.17) is 19.6 Å². The second kappa shape index (κ2) is 5.57. The van der Waals surface area contributed by atoms with E-state index in [2.05, 4.69) is 9.05 Å². The van der Waals surface area contributed by atoms with E-state index in [1.807, 2.05) is 0 Å². The van der Waals surface area contributed by atoms with Crippen LogP contribution in [0.3, 0.4) is 0 Å².